The third kappa shape index (κ3) is 2.41. The molecule has 0 bridgehead atoms. The lowest BCUT2D eigenvalue weighted by atomic mass is 10.2. The van der Waals surface area contributed by atoms with E-state index >= 15 is 0 Å². The Labute approximate surface area is 119 Å². The second-order valence-corrected chi connectivity index (χ2v) is 4.53. The second kappa shape index (κ2) is 4.82. The van der Waals surface area contributed by atoms with Gasteiger partial charge in [-0.3, -0.25) is 4.79 Å². The van der Waals surface area contributed by atoms with Gasteiger partial charge in [-0.25, -0.2) is 9.97 Å². The molecule has 100 valence electrons. The van der Waals surface area contributed by atoms with Gasteiger partial charge in [-0.15, -0.1) is 0 Å². The fourth-order valence-corrected chi connectivity index (χ4v) is 2.01. The molecule has 0 atom stereocenters. The van der Waals surface area contributed by atoms with E-state index in [-0.39, 0.29) is 11.2 Å². The number of nitrogen functional groups attached to an aromatic ring is 1. The summed E-state index contributed by atoms with van der Waals surface area (Å²) in [6.45, 7) is 0. The molecule has 0 aliphatic rings. The van der Waals surface area contributed by atoms with Crippen LogP contribution in [0.1, 0.15) is 10.5 Å². The minimum absolute atomic E-state index is 0.0761. The SMILES string of the molecule is Nc1ccc2[nH]c(C(=O)Nc3ccnc(Cl)n3)cc2c1. The van der Waals surface area contributed by atoms with Crippen LogP contribution in [0.4, 0.5) is 11.5 Å². The summed E-state index contributed by atoms with van der Waals surface area (Å²) in [6, 6.07) is 8.67. The molecular formula is C13H10ClN5O. The standard InChI is InChI=1S/C13H10ClN5O/c14-13-16-4-3-11(19-13)18-12(20)10-6-7-5-8(15)1-2-9(7)17-10/h1-6,17H,15H2,(H,16,18,19,20). The topological polar surface area (TPSA) is 96.7 Å². The van der Waals surface area contributed by atoms with Gasteiger partial charge in [-0.05, 0) is 41.9 Å². The smallest absolute Gasteiger partial charge is 0.273 e. The zero-order valence-corrected chi connectivity index (χ0v) is 11.0. The molecule has 1 aromatic carbocycles. The highest BCUT2D eigenvalue weighted by Crippen LogP contribution is 2.19. The third-order valence-corrected chi connectivity index (χ3v) is 2.94. The number of carbonyl (C=O) groups is 1. The molecule has 0 radical (unpaired) electrons. The molecule has 20 heavy (non-hydrogen) atoms. The van der Waals surface area contributed by atoms with Crippen molar-refractivity contribution in [2.24, 2.45) is 0 Å². The van der Waals surface area contributed by atoms with Crippen molar-refractivity contribution in [3.8, 4) is 0 Å². The average Bonchev–Trinajstić information content (AvgIpc) is 2.81. The van der Waals surface area contributed by atoms with Crippen molar-refractivity contribution >= 4 is 39.9 Å². The molecule has 0 spiro atoms. The van der Waals surface area contributed by atoms with E-state index in [0.29, 0.717) is 17.2 Å². The predicted octanol–water partition coefficient (Wildman–Crippen LogP) is 2.45. The minimum atomic E-state index is -0.311. The first-order valence-electron chi connectivity index (χ1n) is 5.80. The Morgan fingerprint density at radius 3 is 2.95 bits per heavy atom. The summed E-state index contributed by atoms with van der Waals surface area (Å²) in [7, 11) is 0. The Hall–Kier alpha value is -2.60. The van der Waals surface area contributed by atoms with E-state index in [1.165, 1.54) is 6.20 Å². The van der Waals surface area contributed by atoms with Crippen molar-refractivity contribution in [3.63, 3.8) is 0 Å². The summed E-state index contributed by atoms with van der Waals surface area (Å²) in [4.78, 5) is 22.8. The van der Waals surface area contributed by atoms with Gasteiger partial charge in [0.2, 0.25) is 5.28 Å². The van der Waals surface area contributed by atoms with Gasteiger partial charge in [0.1, 0.15) is 11.5 Å². The summed E-state index contributed by atoms with van der Waals surface area (Å²) >= 11 is 5.66. The van der Waals surface area contributed by atoms with Gasteiger partial charge >= 0.3 is 0 Å². The fourth-order valence-electron chi connectivity index (χ4n) is 1.86. The largest absolute Gasteiger partial charge is 0.399 e. The molecule has 0 aliphatic carbocycles. The summed E-state index contributed by atoms with van der Waals surface area (Å²) in [5, 5.41) is 3.58. The number of benzene rings is 1. The summed E-state index contributed by atoms with van der Waals surface area (Å²) < 4.78 is 0. The van der Waals surface area contributed by atoms with Crippen LogP contribution in [0.15, 0.2) is 36.5 Å². The van der Waals surface area contributed by atoms with Crippen LogP contribution in [-0.2, 0) is 0 Å². The number of fused-ring (bicyclic) bond motifs is 1. The molecule has 0 aliphatic heterocycles. The molecule has 0 saturated heterocycles. The molecular weight excluding hydrogens is 278 g/mol. The highest BCUT2D eigenvalue weighted by atomic mass is 35.5. The summed E-state index contributed by atoms with van der Waals surface area (Å²) in [6.07, 6.45) is 1.47. The summed E-state index contributed by atoms with van der Waals surface area (Å²) in [5.74, 6) is 0.0303. The van der Waals surface area contributed by atoms with E-state index in [2.05, 4.69) is 20.3 Å². The van der Waals surface area contributed by atoms with Gasteiger partial charge in [0.05, 0.1) is 0 Å². The van der Waals surface area contributed by atoms with Gasteiger partial charge in [0.15, 0.2) is 0 Å². The molecule has 0 fully saturated rings. The number of aromatic amines is 1. The lowest BCUT2D eigenvalue weighted by molar-refractivity contribution is 0.102. The molecule has 0 unspecified atom stereocenters. The normalized spacial score (nSPS) is 10.7. The van der Waals surface area contributed by atoms with E-state index in [9.17, 15) is 4.79 Å². The van der Waals surface area contributed by atoms with Gasteiger partial charge in [0, 0.05) is 22.8 Å². The first-order valence-corrected chi connectivity index (χ1v) is 6.18. The number of nitrogens with one attached hydrogen (secondary N) is 2. The minimum Gasteiger partial charge on any atom is -0.399 e. The van der Waals surface area contributed by atoms with Crippen LogP contribution < -0.4 is 11.1 Å². The molecule has 2 heterocycles. The molecule has 7 heteroatoms. The number of H-pyrrole nitrogens is 1. The van der Waals surface area contributed by atoms with Gasteiger partial charge in [0.25, 0.3) is 5.91 Å². The number of rotatable bonds is 2. The molecule has 6 nitrogen and oxygen atoms in total. The van der Waals surface area contributed by atoms with Crippen molar-refractivity contribution < 1.29 is 4.79 Å². The molecule has 1 amide bonds. The van der Waals surface area contributed by atoms with Crippen LogP contribution in [0.25, 0.3) is 10.9 Å². The maximum absolute atomic E-state index is 12.1. The van der Waals surface area contributed by atoms with Gasteiger partial charge in [-0.1, -0.05) is 0 Å². The van der Waals surface area contributed by atoms with E-state index in [0.717, 1.165) is 10.9 Å². The van der Waals surface area contributed by atoms with Crippen molar-refractivity contribution in [1.29, 1.82) is 0 Å². The van der Waals surface area contributed by atoms with E-state index < -0.39 is 0 Å². The fraction of sp³-hybridized carbons (Fsp3) is 0. The van der Waals surface area contributed by atoms with Crippen molar-refractivity contribution in [3.05, 3.63) is 47.5 Å². The molecule has 2 aromatic heterocycles. The quantitative estimate of drug-likeness (QED) is 0.498. The maximum Gasteiger partial charge on any atom is 0.273 e. The van der Waals surface area contributed by atoms with Gasteiger partial charge < -0.3 is 16.0 Å². The Morgan fingerprint density at radius 1 is 1.30 bits per heavy atom. The van der Waals surface area contributed by atoms with Gasteiger partial charge in [-0.2, -0.15) is 0 Å². The van der Waals surface area contributed by atoms with E-state index in [4.69, 9.17) is 17.3 Å². The Bertz CT molecular complexity index is 798. The lowest BCUT2D eigenvalue weighted by Gasteiger charge is -2.01. The number of nitrogens with two attached hydrogens (primary N) is 1. The van der Waals surface area contributed by atoms with Crippen LogP contribution in [0, 0.1) is 0 Å². The van der Waals surface area contributed by atoms with Crippen molar-refractivity contribution in [2.75, 3.05) is 11.1 Å². The zero-order chi connectivity index (χ0) is 14.1. The monoisotopic (exact) mass is 287 g/mol. The Morgan fingerprint density at radius 2 is 2.15 bits per heavy atom. The molecule has 0 saturated carbocycles. The molecule has 3 rings (SSSR count). The number of anilines is 2. The number of nitrogens with zero attached hydrogens (tertiary/aromatic N) is 2. The highest BCUT2D eigenvalue weighted by molar-refractivity contribution is 6.28. The van der Waals surface area contributed by atoms with Crippen LogP contribution in [0.3, 0.4) is 0 Å². The third-order valence-electron chi connectivity index (χ3n) is 2.76. The van der Waals surface area contributed by atoms with E-state index in [1.807, 2.05) is 6.07 Å². The number of aromatic nitrogens is 3. The second-order valence-electron chi connectivity index (χ2n) is 4.19. The number of hydrogen-bond donors (Lipinski definition) is 3. The predicted molar refractivity (Wildman–Crippen MR) is 77.7 cm³/mol. The number of carbonyl (C=O) groups excluding carboxylic acids is 1. The van der Waals surface area contributed by atoms with E-state index in [1.54, 1.807) is 24.3 Å². The number of halogens is 1. The number of hydrogen-bond acceptors (Lipinski definition) is 4. The maximum atomic E-state index is 12.1. The van der Waals surface area contributed by atoms with Crippen LogP contribution in [0.5, 0.6) is 0 Å². The Balaban J connectivity index is 1.88. The first kappa shape index (κ1) is 12.4. The zero-order valence-electron chi connectivity index (χ0n) is 10.2. The van der Waals surface area contributed by atoms with Crippen LogP contribution in [0.2, 0.25) is 5.28 Å². The number of amides is 1. The lowest BCUT2D eigenvalue weighted by Crippen LogP contribution is -2.13. The Kier molecular flexibility index (Phi) is 3.00. The molecule has 4 N–H and O–H groups in total. The van der Waals surface area contributed by atoms with Crippen molar-refractivity contribution in [1.82, 2.24) is 15.0 Å². The van der Waals surface area contributed by atoms with Crippen LogP contribution >= 0.6 is 11.6 Å². The molecule has 3 aromatic rings. The van der Waals surface area contributed by atoms with Crippen molar-refractivity contribution in [2.45, 2.75) is 0 Å². The summed E-state index contributed by atoms with van der Waals surface area (Å²) in [5.41, 5.74) is 7.60. The highest BCUT2D eigenvalue weighted by Gasteiger charge is 2.10. The first-order chi connectivity index (χ1) is 9.61. The van der Waals surface area contributed by atoms with Crippen LogP contribution in [-0.4, -0.2) is 20.9 Å². The average molecular weight is 288 g/mol.